The molecule has 0 fully saturated rings. The largest absolute Gasteiger partial charge is 0.344 e. The van der Waals surface area contributed by atoms with Crippen molar-refractivity contribution in [1.82, 2.24) is 10.4 Å². The fraction of sp³-hybridized carbons (Fsp3) is 0.300. The van der Waals surface area contributed by atoms with E-state index in [1.807, 2.05) is 76.2 Å². The van der Waals surface area contributed by atoms with Crippen LogP contribution in [0.1, 0.15) is 38.8 Å². The summed E-state index contributed by atoms with van der Waals surface area (Å²) in [5.41, 5.74) is 2.28. The summed E-state index contributed by atoms with van der Waals surface area (Å²) in [6, 6.07) is 15.2. The van der Waals surface area contributed by atoms with Crippen molar-refractivity contribution in [2.24, 2.45) is 10.2 Å². The monoisotopic (exact) mass is 480 g/mol. The summed E-state index contributed by atoms with van der Waals surface area (Å²) in [6.45, 7) is 7.73. The Kier molecular flexibility index (Phi) is 9.01. The van der Waals surface area contributed by atoms with Crippen LogP contribution in [0.3, 0.4) is 0 Å². The van der Waals surface area contributed by atoms with Gasteiger partial charge in [-0.3, -0.25) is 9.59 Å². The second-order valence-corrected chi connectivity index (χ2v) is 10.8. The van der Waals surface area contributed by atoms with Crippen molar-refractivity contribution in [3.63, 3.8) is 0 Å². The number of nitrogens with one attached hydrogen (secondary N) is 2. The molecule has 0 aliphatic carbocycles. The molecule has 0 aromatic heterocycles. The summed E-state index contributed by atoms with van der Waals surface area (Å²) in [4.78, 5) is 24.0. The van der Waals surface area contributed by atoms with E-state index in [9.17, 15) is 9.59 Å². The molecular weight excluding hydrogens is 452 g/mol. The second kappa shape index (κ2) is 10.8. The molecule has 0 spiro atoms. The van der Waals surface area contributed by atoms with Gasteiger partial charge in [0.2, 0.25) is 11.6 Å². The molecule has 0 aliphatic heterocycles. The van der Waals surface area contributed by atoms with E-state index in [1.54, 1.807) is 0 Å². The molecule has 0 saturated carbocycles. The van der Waals surface area contributed by atoms with Gasteiger partial charge in [-0.15, -0.1) is 8.93 Å². The Balaban J connectivity index is 2.09. The van der Waals surface area contributed by atoms with Crippen LogP contribution >= 0.6 is 34.5 Å². The topological polar surface area (TPSA) is 82.9 Å². The summed E-state index contributed by atoms with van der Waals surface area (Å²) in [5.74, 6) is -0.0115. The molecule has 4 atom stereocenters. The summed E-state index contributed by atoms with van der Waals surface area (Å²) >= 11 is 0. The van der Waals surface area contributed by atoms with Crippen LogP contribution in [0, 0.1) is 0 Å². The number of nitrogens with zero attached hydrogens (tertiary/aromatic N) is 2. The molecule has 2 aromatic rings. The van der Waals surface area contributed by atoms with Gasteiger partial charge in [0.05, 0.1) is 22.3 Å². The molecule has 30 heavy (non-hydrogen) atoms. The number of carbonyl (C=O) groups is 2. The van der Waals surface area contributed by atoms with Crippen LogP contribution in [0.2, 0.25) is 0 Å². The number of hydrogen-bond acceptors (Lipinski definition) is 4. The summed E-state index contributed by atoms with van der Waals surface area (Å²) in [7, 11) is 5.40. The van der Waals surface area contributed by atoms with E-state index >= 15 is 0 Å². The number of carbonyl (C=O) groups excluding carboxylic acids is 2. The van der Waals surface area contributed by atoms with Crippen molar-refractivity contribution in [1.29, 1.82) is 0 Å². The highest BCUT2D eigenvalue weighted by atomic mass is 32.0. The molecule has 2 aromatic carbocycles. The molecule has 6 nitrogen and oxygen atoms in total. The fourth-order valence-corrected chi connectivity index (χ4v) is 4.19. The smallest absolute Gasteiger partial charge is 0.242 e. The summed E-state index contributed by atoms with van der Waals surface area (Å²) in [6.07, 6.45) is 0. The molecule has 0 radical (unpaired) electrons. The van der Waals surface area contributed by atoms with Gasteiger partial charge in [-0.05, 0) is 79.8 Å². The van der Waals surface area contributed by atoms with Gasteiger partial charge in [0.15, 0.2) is 0 Å². The molecule has 0 heterocycles. The van der Waals surface area contributed by atoms with Crippen molar-refractivity contribution >= 4 is 57.5 Å². The zero-order chi connectivity index (χ0) is 22.4. The van der Waals surface area contributed by atoms with Crippen LogP contribution < -0.4 is 10.4 Å². The van der Waals surface area contributed by atoms with Crippen molar-refractivity contribution in [3.8, 4) is 0 Å². The van der Waals surface area contributed by atoms with Gasteiger partial charge in [0.25, 0.3) is 0 Å². The lowest BCUT2D eigenvalue weighted by Crippen LogP contribution is -2.38. The van der Waals surface area contributed by atoms with E-state index in [0.717, 1.165) is 16.8 Å². The highest BCUT2D eigenvalue weighted by Gasteiger charge is 2.29. The van der Waals surface area contributed by atoms with E-state index in [1.165, 1.54) is 0 Å². The number of amides is 2. The van der Waals surface area contributed by atoms with E-state index in [4.69, 9.17) is 0 Å². The second-order valence-electron chi connectivity index (χ2n) is 7.74. The van der Waals surface area contributed by atoms with Gasteiger partial charge < -0.3 is 10.4 Å². The third-order valence-electron chi connectivity index (χ3n) is 4.77. The van der Waals surface area contributed by atoms with Gasteiger partial charge in [0, 0.05) is 0 Å². The van der Waals surface area contributed by atoms with Crippen LogP contribution in [-0.4, -0.2) is 11.6 Å². The van der Waals surface area contributed by atoms with E-state index in [0.29, 0.717) is 14.1 Å². The first-order valence-electron chi connectivity index (χ1n) is 9.28. The first-order chi connectivity index (χ1) is 14.1. The van der Waals surface area contributed by atoms with E-state index in [-0.39, 0.29) is 19.8 Å². The molecule has 0 bridgehead atoms. The zero-order valence-electron chi connectivity index (χ0n) is 17.5. The minimum atomic E-state index is -0.617. The van der Waals surface area contributed by atoms with Gasteiger partial charge in [-0.25, -0.2) is 0 Å². The number of rotatable bonds is 8. The standard InChI is InChI=1S/C20H28N4O2P4/c1-19(2,17(25)24-30-28)13-5-9-15(10-6-13)22-23-16-11-7-14(8-12-16)20(3,4)21-18(26)29-27/h5-12,29-30H,27-28H2,1-4H3,(H,21,26)(H,24,25)/b23-22-. The molecule has 160 valence electrons. The Morgan fingerprint density at radius 1 is 0.833 bits per heavy atom. The van der Waals surface area contributed by atoms with E-state index < -0.39 is 11.0 Å². The van der Waals surface area contributed by atoms with Crippen molar-refractivity contribution in [2.75, 3.05) is 0 Å². The van der Waals surface area contributed by atoms with Gasteiger partial charge in [-0.2, -0.15) is 10.2 Å². The third-order valence-corrected chi connectivity index (χ3v) is 6.75. The average molecular weight is 480 g/mol. The minimum Gasteiger partial charge on any atom is -0.344 e. The first kappa shape index (κ1) is 25.0. The first-order valence-corrected chi connectivity index (χ1v) is 14.9. The van der Waals surface area contributed by atoms with Crippen molar-refractivity contribution in [3.05, 3.63) is 59.7 Å². The van der Waals surface area contributed by atoms with Gasteiger partial charge >= 0.3 is 0 Å². The normalized spacial score (nSPS) is 12.9. The lowest BCUT2D eigenvalue weighted by Gasteiger charge is -2.26. The lowest BCUT2D eigenvalue weighted by atomic mass is 9.84. The third kappa shape index (κ3) is 6.60. The predicted molar refractivity (Wildman–Crippen MR) is 136 cm³/mol. The minimum absolute atomic E-state index is 0.00636. The van der Waals surface area contributed by atoms with Crippen LogP contribution in [0.5, 0.6) is 0 Å². The molecule has 0 aliphatic rings. The highest BCUT2D eigenvalue weighted by Crippen LogP contribution is 2.30. The maximum absolute atomic E-state index is 12.3. The van der Waals surface area contributed by atoms with Crippen LogP contribution in [0.4, 0.5) is 16.2 Å². The van der Waals surface area contributed by atoms with Crippen LogP contribution in [0.25, 0.3) is 0 Å². The Labute approximate surface area is 186 Å². The summed E-state index contributed by atoms with van der Waals surface area (Å²) < 4.78 is 0. The molecule has 2 amide bonds. The fourth-order valence-electron chi connectivity index (χ4n) is 2.75. The molecule has 2 N–H and O–H groups in total. The molecule has 4 unspecified atom stereocenters. The van der Waals surface area contributed by atoms with Crippen molar-refractivity contribution in [2.45, 2.75) is 38.6 Å². The van der Waals surface area contributed by atoms with Crippen LogP contribution in [0.15, 0.2) is 58.8 Å². The Morgan fingerprint density at radius 2 is 1.30 bits per heavy atom. The predicted octanol–water partition coefficient (Wildman–Crippen LogP) is 6.29. The van der Waals surface area contributed by atoms with Gasteiger partial charge in [-0.1, -0.05) is 33.2 Å². The molecular formula is C20H28N4O2P4. The number of hydrogen-bond donors (Lipinski definition) is 2. The average Bonchev–Trinajstić information content (AvgIpc) is 2.72. The van der Waals surface area contributed by atoms with E-state index in [2.05, 4.69) is 38.5 Å². The Bertz CT molecular complexity index is 913. The maximum atomic E-state index is 12.3. The quantitative estimate of drug-likeness (QED) is 0.344. The Hall–Kier alpha value is -1.30. The lowest BCUT2D eigenvalue weighted by molar-refractivity contribution is -0.123. The number of azo groups is 1. The molecule has 10 heteroatoms. The Morgan fingerprint density at radius 3 is 1.73 bits per heavy atom. The van der Waals surface area contributed by atoms with Crippen LogP contribution in [-0.2, 0) is 15.7 Å². The molecule has 2 rings (SSSR count). The van der Waals surface area contributed by atoms with Gasteiger partial charge in [0.1, 0.15) is 0 Å². The SMILES string of the molecule is CC(C)(NC(=O)PP)c1ccc(/N=N\c2ccc(C(C)(C)C(=O)NPP)cc2)cc1. The zero-order valence-corrected chi connectivity index (χ0v) is 21.8. The molecule has 0 saturated heterocycles. The summed E-state index contributed by atoms with van der Waals surface area (Å²) in [5, 5.41) is 14.4. The maximum Gasteiger partial charge on any atom is 0.242 e. The highest BCUT2D eigenvalue weighted by molar-refractivity contribution is 8.11. The number of benzene rings is 2. The van der Waals surface area contributed by atoms with Crippen molar-refractivity contribution < 1.29 is 9.59 Å².